The number of unbranched alkanes of at least 4 members (excludes halogenated alkanes) is 1. The van der Waals surface area contributed by atoms with E-state index in [0.717, 1.165) is 35.1 Å². The minimum absolute atomic E-state index is 0.107. The maximum atomic E-state index is 14.1. The van der Waals surface area contributed by atoms with E-state index in [2.05, 4.69) is 12.2 Å². The normalized spacial score (nSPS) is 12.0. The Balaban J connectivity index is 2.02. The third-order valence-electron chi connectivity index (χ3n) is 7.21. The SMILES string of the molecule is CCCCNC(=O)C(CC)N(CCc1ccccc1)C(=O)CN(c1ccc(C)cc1C)S(=O)(=O)c1ccc(C)cc1. The number of sulfonamides is 1. The zero-order valence-corrected chi connectivity index (χ0v) is 25.7. The summed E-state index contributed by atoms with van der Waals surface area (Å²) in [5.74, 6) is -0.643. The van der Waals surface area contributed by atoms with E-state index in [1.165, 1.54) is 4.31 Å². The maximum absolute atomic E-state index is 14.1. The fourth-order valence-electron chi connectivity index (χ4n) is 4.84. The average Bonchev–Trinajstić information content (AvgIpc) is 2.95. The molecule has 1 atom stereocenters. The van der Waals surface area contributed by atoms with Gasteiger partial charge in [0.25, 0.3) is 10.0 Å². The molecule has 0 heterocycles. The molecule has 41 heavy (non-hydrogen) atoms. The number of hydrogen-bond acceptors (Lipinski definition) is 4. The van der Waals surface area contributed by atoms with Gasteiger partial charge in [-0.25, -0.2) is 8.42 Å². The van der Waals surface area contributed by atoms with Crippen molar-refractivity contribution < 1.29 is 18.0 Å². The fourth-order valence-corrected chi connectivity index (χ4v) is 6.32. The molecule has 0 fully saturated rings. The van der Waals surface area contributed by atoms with Crippen LogP contribution >= 0.6 is 0 Å². The first kappa shape index (κ1) is 31.9. The van der Waals surface area contributed by atoms with E-state index in [-0.39, 0.29) is 17.3 Å². The van der Waals surface area contributed by atoms with E-state index in [1.807, 2.05) is 70.2 Å². The van der Waals surface area contributed by atoms with Crippen LogP contribution in [0.25, 0.3) is 0 Å². The molecule has 1 unspecified atom stereocenters. The number of anilines is 1. The highest BCUT2D eigenvalue weighted by Gasteiger charge is 2.33. The highest BCUT2D eigenvalue weighted by atomic mass is 32.2. The summed E-state index contributed by atoms with van der Waals surface area (Å²) in [5.41, 5.74) is 4.14. The molecular weight excluding hydrogens is 534 g/mol. The van der Waals surface area contributed by atoms with Gasteiger partial charge in [-0.15, -0.1) is 0 Å². The van der Waals surface area contributed by atoms with Crippen LogP contribution in [0.2, 0.25) is 0 Å². The first-order chi connectivity index (χ1) is 19.6. The van der Waals surface area contributed by atoms with Gasteiger partial charge in [-0.05, 0) is 69.4 Å². The fraction of sp³-hybridized carbons (Fsp3) is 0.394. The van der Waals surface area contributed by atoms with Crippen LogP contribution in [0, 0.1) is 20.8 Å². The lowest BCUT2D eigenvalue weighted by molar-refractivity contribution is -0.139. The van der Waals surface area contributed by atoms with Gasteiger partial charge in [0.1, 0.15) is 12.6 Å². The van der Waals surface area contributed by atoms with Crippen molar-refractivity contribution in [2.45, 2.75) is 71.2 Å². The van der Waals surface area contributed by atoms with Gasteiger partial charge in [-0.2, -0.15) is 0 Å². The number of amides is 2. The van der Waals surface area contributed by atoms with Crippen LogP contribution in [0.4, 0.5) is 5.69 Å². The maximum Gasteiger partial charge on any atom is 0.264 e. The van der Waals surface area contributed by atoms with E-state index in [1.54, 1.807) is 35.2 Å². The molecule has 0 saturated heterocycles. The molecule has 0 aromatic heterocycles. The molecule has 0 radical (unpaired) electrons. The Hall–Kier alpha value is -3.65. The van der Waals surface area contributed by atoms with Crippen molar-refractivity contribution >= 4 is 27.5 Å². The molecule has 7 nitrogen and oxygen atoms in total. The van der Waals surface area contributed by atoms with Crippen molar-refractivity contribution in [3.8, 4) is 0 Å². The van der Waals surface area contributed by atoms with Crippen LogP contribution in [0.15, 0.2) is 77.7 Å². The molecule has 3 rings (SSSR count). The lowest BCUT2D eigenvalue weighted by Gasteiger charge is -2.33. The number of nitrogens with one attached hydrogen (secondary N) is 1. The molecule has 220 valence electrons. The van der Waals surface area contributed by atoms with Crippen LogP contribution in [-0.4, -0.2) is 50.8 Å². The first-order valence-corrected chi connectivity index (χ1v) is 15.8. The van der Waals surface area contributed by atoms with E-state index in [9.17, 15) is 18.0 Å². The van der Waals surface area contributed by atoms with Crippen molar-refractivity contribution in [3.05, 3.63) is 95.1 Å². The summed E-state index contributed by atoms with van der Waals surface area (Å²) in [6, 6.07) is 21.2. The highest BCUT2D eigenvalue weighted by Crippen LogP contribution is 2.28. The topological polar surface area (TPSA) is 86.8 Å². The third-order valence-corrected chi connectivity index (χ3v) is 8.98. The number of carbonyl (C=O) groups is 2. The molecule has 0 aliphatic rings. The summed E-state index contributed by atoms with van der Waals surface area (Å²) >= 11 is 0. The van der Waals surface area contributed by atoms with Gasteiger partial charge in [0.2, 0.25) is 11.8 Å². The van der Waals surface area contributed by atoms with Gasteiger partial charge in [-0.1, -0.05) is 86.0 Å². The van der Waals surface area contributed by atoms with Gasteiger partial charge < -0.3 is 10.2 Å². The molecule has 3 aromatic rings. The Morgan fingerprint density at radius 1 is 0.878 bits per heavy atom. The minimum Gasteiger partial charge on any atom is -0.354 e. The van der Waals surface area contributed by atoms with Crippen LogP contribution in [0.1, 0.15) is 55.4 Å². The first-order valence-electron chi connectivity index (χ1n) is 14.4. The molecule has 2 amide bonds. The van der Waals surface area contributed by atoms with Gasteiger partial charge >= 0.3 is 0 Å². The Bertz CT molecular complexity index is 1410. The predicted octanol–water partition coefficient (Wildman–Crippen LogP) is 5.57. The number of rotatable bonds is 14. The Kier molecular flexibility index (Phi) is 11.5. The number of benzene rings is 3. The monoisotopic (exact) mass is 577 g/mol. The second-order valence-electron chi connectivity index (χ2n) is 10.5. The van der Waals surface area contributed by atoms with Crippen molar-refractivity contribution in [3.63, 3.8) is 0 Å². The van der Waals surface area contributed by atoms with E-state index in [4.69, 9.17) is 0 Å². The molecule has 0 spiro atoms. The van der Waals surface area contributed by atoms with Crippen molar-refractivity contribution in [1.82, 2.24) is 10.2 Å². The summed E-state index contributed by atoms with van der Waals surface area (Å²) in [5, 5.41) is 2.97. The van der Waals surface area contributed by atoms with Crippen LogP contribution < -0.4 is 9.62 Å². The summed E-state index contributed by atoms with van der Waals surface area (Å²) < 4.78 is 29.3. The Labute approximate surface area is 245 Å². The number of aryl methyl sites for hydroxylation is 3. The van der Waals surface area contributed by atoms with E-state index < -0.39 is 28.5 Å². The standard InChI is InChI=1S/C33H43N3O4S/c1-6-8-21-34-33(38)30(7-2)35(22-20-28-12-10-9-11-13-28)32(37)24-36(31-19-16-26(4)23-27(31)5)41(39,40)29-17-14-25(3)15-18-29/h9-19,23,30H,6-8,20-22,24H2,1-5H3,(H,34,38). The molecule has 8 heteroatoms. The predicted molar refractivity (Wildman–Crippen MR) is 165 cm³/mol. The highest BCUT2D eigenvalue weighted by molar-refractivity contribution is 7.92. The second kappa shape index (κ2) is 14.8. The van der Waals surface area contributed by atoms with E-state index in [0.29, 0.717) is 25.1 Å². The summed E-state index contributed by atoms with van der Waals surface area (Å²) in [7, 11) is -4.09. The van der Waals surface area contributed by atoms with Crippen LogP contribution in [0.5, 0.6) is 0 Å². The number of hydrogen-bond donors (Lipinski definition) is 1. The molecule has 0 bridgehead atoms. The Morgan fingerprint density at radius 2 is 1.54 bits per heavy atom. The lowest BCUT2D eigenvalue weighted by atomic mass is 10.1. The summed E-state index contributed by atoms with van der Waals surface area (Å²) in [6.07, 6.45) is 2.73. The third kappa shape index (κ3) is 8.43. The van der Waals surface area contributed by atoms with Gasteiger partial charge in [0.05, 0.1) is 10.6 Å². The largest absolute Gasteiger partial charge is 0.354 e. The zero-order chi connectivity index (χ0) is 30.0. The molecule has 3 aromatic carbocycles. The molecule has 0 aliphatic carbocycles. The van der Waals surface area contributed by atoms with Crippen molar-refractivity contribution in [1.29, 1.82) is 0 Å². The second-order valence-corrected chi connectivity index (χ2v) is 12.4. The van der Waals surface area contributed by atoms with Crippen LogP contribution in [0.3, 0.4) is 0 Å². The lowest BCUT2D eigenvalue weighted by Crippen LogP contribution is -2.53. The molecule has 0 aliphatic heterocycles. The zero-order valence-electron chi connectivity index (χ0n) is 24.9. The molecule has 0 saturated carbocycles. The molecule has 1 N–H and O–H groups in total. The molecular formula is C33H43N3O4S. The van der Waals surface area contributed by atoms with Crippen molar-refractivity contribution in [2.24, 2.45) is 0 Å². The number of nitrogens with zero attached hydrogens (tertiary/aromatic N) is 2. The van der Waals surface area contributed by atoms with Gasteiger partial charge in [0.15, 0.2) is 0 Å². The van der Waals surface area contributed by atoms with Crippen LogP contribution in [-0.2, 0) is 26.0 Å². The summed E-state index contributed by atoms with van der Waals surface area (Å²) in [4.78, 5) is 29.1. The smallest absolute Gasteiger partial charge is 0.264 e. The summed E-state index contributed by atoms with van der Waals surface area (Å²) in [6.45, 7) is 9.99. The Morgan fingerprint density at radius 3 is 2.15 bits per heavy atom. The average molecular weight is 578 g/mol. The quantitative estimate of drug-likeness (QED) is 0.254. The minimum atomic E-state index is -4.09. The van der Waals surface area contributed by atoms with Gasteiger partial charge in [0, 0.05) is 13.1 Å². The van der Waals surface area contributed by atoms with Gasteiger partial charge in [-0.3, -0.25) is 13.9 Å². The van der Waals surface area contributed by atoms with Crippen molar-refractivity contribution in [2.75, 3.05) is 23.9 Å². The number of carbonyl (C=O) groups excluding carboxylic acids is 2. The van der Waals surface area contributed by atoms with E-state index >= 15 is 0 Å².